The summed E-state index contributed by atoms with van der Waals surface area (Å²) in [6.45, 7) is 0.339. The van der Waals surface area contributed by atoms with Gasteiger partial charge in [0.05, 0.1) is 17.2 Å². The largest absolute Gasteiger partial charge is 0.488 e. The average molecular weight is 353 g/mol. The van der Waals surface area contributed by atoms with Crippen molar-refractivity contribution in [3.8, 4) is 34.7 Å². The van der Waals surface area contributed by atoms with Crippen molar-refractivity contribution in [3.63, 3.8) is 0 Å². The van der Waals surface area contributed by atoms with E-state index >= 15 is 0 Å². The summed E-state index contributed by atoms with van der Waals surface area (Å²) in [4.78, 5) is 0. The lowest BCUT2D eigenvalue weighted by Crippen LogP contribution is -1.97. The van der Waals surface area contributed by atoms with Crippen molar-refractivity contribution in [2.45, 2.75) is 6.61 Å². The van der Waals surface area contributed by atoms with Crippen LogP contribution in [0.4, 0.5) is 0 Å². The minimum absolute atomic E-state index is 0.339. The molecule has 0 atom stereocenters. The van der Waals surface area contributed by atoms with Crippen molar-refractivity contribution in [1.82, 2.24) is 10.2 Å². The topological polar surface area (TPSA) is 71.9 Å². The molecule has 0 aliphatic carbocycles. The van der Waals surface area contributed by atoms with Crippen molar-refractivity contribution in [3.05, 3.63) is 90.0 Å². The van der Waals surface area contributed by atoms with Gasteiger partial charge in [-0.1, -0.05) is 42.5 Å². The molecule has 0 aliphatic heterocycles. The van der Waals surface area contributed by atoms with Gasteiger partial charge in [0.2, 0.25) is 5.89 Å². The number of hydrogen-bond acceptors (Lipinski definition) is 5. The van der Waals surface area contributed by atoms with E-state index in [-0.39, 0.29) is 0 Å². The van der Waals surface area contributed by atoms with Crippen molar-refractivity contribution in [2.75, 3.05) is 0 Å². The van der Waals surface area contributed by atoms with Gasteiger partial charge in [0.25, 0.3) is 5.89 Å². The second-order valence-electron chi connectivity index (χ2n) is 5.88. The maximum absolute atomic E-state index is 9.02. The Morgan fingerprint density at radius 2 is 1.63 bits per heavy atom. The molecule has 5 nitrogen and oxygen atoms in total. The summed E-state index contributed by atoms with van der Waals surface area (Å²) in [6.07, 6.45) is 0. The summed E-state index contributed by atoms with van der Waals surface area (Å²) >= 11 is 0. The molecular weight excluding hydrogens is 338 g/mol. The SMILES string of the molecule is N#Cc1cccc(COc2ccccc2-c2nnc(-c3ccccc3)o2)c1. The molecule has 3 aromatic carbocycles. The van der Waals surface area contributed by atoms with Crippen molar-refractivity contribution in [2.24, 2.45) is 0 Å². The zero-order chi connectivity index (χ0) is 18.5. The van der Waals surface area contributed by atoms with Crippen LogP contribution in [0.3, 0.4) is 0 Å². The van der Waals surface area contributed by atoms with Crippen LogP contribution in [0.25, 0.3) is 22.9 Å². The molecule has 0 spiro atoms. The first-order valence-electron chi connectivity index (χ1n) is 8.43. The number of hydrogen-bond donors (Lipinski definition) is 0. The highest BCUT2D eigenvalue weighted by Gasteiger charge is 2.14. The lowest BCUT2D eigenvalue weighted by molar-refractivity contribution is 0.306. The summed E-state index contributed by atoms with van der Waals surface area (Å²) in [7, 11) is 0. The Kier molecular flexibility index (Phi) is 4.62. The van der Waals surface area contributed by atoms with Crippen LogP contribution in [0.2, 0.25) is 0 Å². The molecular formula is C22H15N3O2. The van der Waals surface area contributed by atoms with E-state index < -0.39 is 0 Å². The van der Waals surface area contributed by atoms with E-state index in [1.165, 1.54) is 0 Å². The molecule has 130 valence electrons. The fraction of sp³-hybridized carbons (Fsp3) is 0.0455. The van der Waals surface area contributed by atoms with Gasteiger partial charge in [-0.3, -0.25) is 0 Å². The quantitative estimate of drug-likeness (QED) is 0.512. The fourth-order valence-electron chi connectivity index (χ4n) is 2.69. The Balaban J connectivity index is 1.58. The minimum atomic E-state index is 0.339. The maximum atomic E-state index is 9.02. The normalized spacial score (nSPS) is 10.3. The van der Waals surface area contributed by atoms with Crippen molar-refractivity contribution >= 4 is 0 Å². The first-order valence-corrected chi connectivity index (χ1v) is 8.43. The van der Waals surface area contributed by atoms with Gasteiger partial charge in [-0.05, 0) is 42.0 Å². The van der Waals surface area contributed by atoms with Crippen LogP contribution >= 0.6 is 0 Å². The molecule has 0 saturated carbocycles. The van der Waals surface area contributed by atoms with E-state index in [2.05, 4.69) is 16.3 Å². The summed E-state index contributed by atoms with van der Waals surface area (Å²) in [6, 6.07) is 26.6. The molecule has 0 aliphatic rings. The van der Waals surface area contributed by atoms with Gasteiger partial charge >= 0.3 is 0 Å². The Morgan fingerprint density at radius 3 is 2.48 bits per heavy atom. The Morgan fingerprint density at radius 1 is 0.852 bits per heavy atom. The van der Waals surface area contributed by atoms with Crippen molar-refractivity contribution < 1.29 is 9.15 Å². The number of nitrogens with zero attached hydrogens (tertiary/aromatic N) is 3. The van der Waals surface area contributed by atoms with Crippen LogP contribution in [0, 0.1) is 11.3 Å². The summed E-state index contributed by atoms with van der Waals surface area (Å²) in [5.74, 6) is 1.50. The van der Waals surface area contributed by atoms with E-state index in [1.54, 1.807) is 6.07 Å². The minimum Gasteiger partial charge on any atom is -0.488 e. The van der Waals surface area contributed by atoms with Gasteiger partial charge in [-0.15, -0.1) is 10.2 Å². The first-order chi connectivity index (χ1) is 13.3. The van der Waals surface area contributed by atoms with Crippen LogP contribution in [-0.4, -0.2) is 10.2 Å². The van der Waals surface area contributed by atoms with E-state index in [1.807, 2.05) is 72.8 Å². The molecule has 0 unspecified atom stereocenters. The number of ether oxygens (including phenoxy) is 1. The summed E-state index contributed by atoms with van der Waals surface area (Å²) in [5.41, 5.74) is 3.11. The van der Waals surface area contributed by atoms with Crippen LogP contribution in [0.15, 0.2) is 83.3 Å². The Labute approximate surface area is 156 Å². The molecule has 1 heterocycles. The van der Waals surface area contributed by atoms with Gasteiger partial charge in [0.1, 0.15) is 12.4 Å². The highest BCUT2D eigenvalue weighted by atomic mass is 16.5. The van der Waals surface area contributed by atoms with Gasteiger partial charge in [0, 0.05) is 5.56 Å². The predicted molar refractivity (Wildman–Crippen MR) is 101 cm³/mol. The monoisotopic (exact) mass is 353 g/mol. The summed E-state index contributed by atoms with van der Waals surface area (Å²) in [5, 5.41) is 17.3. The lowest BCUT2D eigenvalue weighted by Gasteiger charge is -2.09. The van der Waals surface area contributed by atoms with E-state index in [4.69, 9.17) is 14.4 Å². The molecule has 1 aromatic heterocycles. The van der Waals surface area contributed by atoms with E-state index in [0.717, 1.165) is 16.7 Å². The third-order valence-corrected chi connectivity index (χ3v) is 4.01. The van der Waals surface area contributed by atoms with Gasteiger partial charge in [-0.2, -0.15) is 5.26 Å². The van der Waals surface area contributed by atoms with Gasteiger partial charge < -0.3 is 9.15 Å². The molecule has 0 N–H and O–H groups in total. The zero-order valence-corrected chi connectivity index (χ0v) is 14.4. The smallest absolute Gasteiger partial charge is 0.251 e. The number of para-hydroxylation sites is 1. The number of nitriles is 1. The molecule has 0 radical (unpaired) electrons. The third kappa shape index (κ3) is 3.70. The molecule has 0 fully saturated rings. The second kappa shape index (κ2) is 7.54. The zero-order valence-electron chi connectivity index (χ0n) is 14.4. The number of aromatic nitrogens is 2. The molecule has 5 heteroatoms. The predicted octanol–water partition coefficient (Wildman–Crippen LogP) is 4.85. The van der Waals surface area contributed by atoms with Gasteiger partial charge in [0.15, 0.2) is 0 Å². The molecule has 4 aromatic rings. The Hall–Kier alpha value is -3.91. The standard InChI is InChI=1S/C22H15N3O2/c23-14-16-7-6-8-17(13-16)15-26-20-12-5-4-11-19(20)22-25-24-21(27-22)18-9-2-1-3-10-18/h1-13H,15H2. The molecule has 4 rings (SSSR count). The van der Waals surface area contributed by atoms with Crippen LogP contribution in [-0.2, 0) is 6.61 Å². The molecule has 0 saturated heterocycles. The molecule has 0 bridgehead atoms. The first kappa shape index (κ1) is 16.6. The third-order valence-electron chi connectivity index (χ3n) is 4.01. The lowest BCUT2D eigenvalue weighted by atomic mass is 10.1. The fourth-order valence-corrected chi connectivity index (χ4v) is 2.69. The van der Waals surface area contributed by atoms with Crippen molar-refractivity contribution in [1.29, 1.82) is 5.26 Å². The number of rotatable bonds is 5. The number of benzene rings is 3. The van der Waals surface area contributed by atoms with E-state index in [0.29, 0.717) is 29.7 Å². The summed E-state index contributed by atoms with van der Waals surface area (Å²) < 4.78 is 11.8. The maximum Gasteiger partial charge on any atom is 0.251 e. The van der Waals surface area contributed by atoms with E-state index in [9.17, 15) is 0 Å². The highest BCUT2D eigenvalue weighted by Crippen LogP contribution is 2.31. The molecule has 27 heavy (non-hydrogen) atoms. The van der Waals surface area contributed by atoms with Gasteiger partial charge in [-0.25, -0.2) is 0 Å². The Bertz CT molecular complexity index is 1100. The van der Waals surface area contributed by atoms with Crippen LogP contribution < -0.4 is 4.74 Å². The highest BCUT2D eigenvalue weighted by molar-refractivity contribution is 5.64. The van der Waals surface area contributed by atoms with Crippen LogP contribution in [0.1, 0.15) is 11.1 Å². The van der Waals surface area contributed by atoms with Crippen LogP contribution in [0.5, 0.6) is 5.75 Å². The molecule has 0 amide bonds. The average Bonchev–Trinajstić information content (AvgIpc) is 3.23. The second-order valence-corrected chi connectivity index (χ2v) is 5.88.